The second kappa shape index (κ2) is 4.69. The van der Waals surface area contributed by atoms with Crippen LogP contribution in [0.3, 0.4) is 0 Å². The average molecular weight is 187 g/mol. The summed E-state index contributed by atoms with van der Waals surface area (Å²) >= 11 is 0. The Morgan fingerprint density at radius 1 is 1.62 bits per heavy atom. The van der Waals surface area contributed by atoms with Gasteiger partial charge in [-0.1, -0.05) is 0 Å². The molecule has 1 aliphatic heterocycles. The Hall–Kier alpha value is -1.26. The van der Waals surface area contributed by atoms with E-state index in [4.69, 9.17) is 9.84 Å². The minimum atomic E-state index is -0.828. The number of carbonyl (C=O) groups is 2. The SMILES string of the molecule is O=C(O)CCCN1CCCOC1=O. The molecular weight excluding hydrogens is 174 g/mol. The first-order chi connectivity index (χ1) is 6.20. The highest BCUT2D eigenvalue weighted by Crippen LogP contribution is 2.05. The number of carboxylic acids is 1. The Morgan fingerprint density at radius 2 is 2.38 bits per heavy atom. The topological polar surface area (TPSA) is 66.8 Å². The zero-order valence-electron chi connectivity index (χ0n) is 7.36. The molecule has 0 unspecified atom stereocenters. The smallest absolute Gasteiger partial charge is 0.409 e. The molecule has 0 aliphatic carbocycles. The summed E-state index contributed by atoms with van der Waals surface area (Å²) in [5.41, 5.74) is 0. The van der Waals surface area contributed by atoms with Crippen molar-refractivity contribution in [3.63, 3.8) is 0 Å². The highest BCUT2D eigenvalue weighted by Gasteiger charge is 2.18. The lowest BCUT2D eigenvalue weighted by Crippen LogP contribution is -2.38. The molecule has 1 heterocycles. The lowest BCUT2D eigenvalue weighted by atomic mass is 10.3. The monoisotopic (exact) mass is 187 g/mol. The molecule has 1 N–H and O–H groups in total. The number of nitrogens with zero attached hydrogens (tertiary/aromatic N) is 1. The van der Waals surface area contributed by atoms with Gasteiger partial charge < -0.3 is 14.7 Å². The quantitative estimate of drug-likeness (QED) is 0.703. The van der Waals surface area contributed by atoms with Gasteiger partial charge in [-0.2, -0.15) is 0 Å². The van der Waals surface area contributed by atoms with Crippen molar-refractivity contribution >= 4 is 12.1 Å². The fourth-order valence-electron chi connectivity index (χ4n) is 1.22. The maximum absolute atomic E-state index is 11.0. The lowest BCUT2D eigenvalue weighted by Gasteiger charge is -2.25. The van der Waals surface area contributed by atoms with Crippen molar-refractivity contribution in [1.29, 1.82) is 0 Å². The second-order valence-electron chi connectivity index (χ2n) is 2.95. The van der Waals surface area contributed by atoms with E-state index in [0.29, 0.717) is 26.1 Å². The third kappa shape index (κ3) is 3.31. The van der Waals surface area contributed by atoms with Crippen LogP contribution in [0, 0.1) is 0 Å². The van der Waals surface area contributed by atoms with Gasteiger partial charge in [0.25, 0.3) is 0 Å². The zero-order valence-corrected chi connectivity index (χ0v) is 7.36. The van der Waals surface area contributed by atoms with Crippen LogP contribution < -0.4 is 0 Å². The second-order valence-corrected chi connectivity index (χ2v) is 2.95. The van der Waals surface area contributed by atoms with Gasteiger partial charge in [0.15, 0.2) is 0 Å². The van der Waals surface area contributed by atoms with Gasteiger partial charge in [0.05, 0.1) is 6.61 Å². The van der Waals surface area contributed by atoms with Crippen LogP contribution in [0.25, 0.3) is 0 Å². The number of aliphatic carboxylic acids is 1. The van der Waals surface area contributed by atoms with Gasteiger partial charge in [-0.15, -0.1) is 0 Å². The van der Waals surface area contributed by atoms with Crippen molar-refractivity contribution in [3.8, 4) is 0 Å². The summed E-state index contributed by atoms with van der Waals surface area (Å²) in [5.74, 6) is -0.828. The number of cyclic esters (lactones) is 1. The van der Waals surface area contributed by atoms with Crippen LogP contribution in [0.4, 0.5) is 4.79 Å². The molecule has 5 heteroatoms. The number of carboxylic acid groups (broad SMARTS) is 1. The number of hydrogen-bond donors (Lipinski definition) is 1. The first-order valence-corrected chi connectivity index (χ1v) is 4.33. The van der Waals surface area contributed by atoms with E-state index in [9.17, 15) is 9.59 Å². The molecule has 1 fully saturated rings. The standard InChI is InChI=1S/C8H13NO4/c10-7(11)3-1-4-9-5-2-6-13-8(9)12/h1-6H2,(H,10,11). The van der Waals surface area contributed by atoms with Crippen molar-refractivity contribution in [2.24, 2.45) is 0 Å². The number of ether oxygens (including phenoxy) is 1. The number of hydrogen-bond acceptors (Lipinski definition) is 3. The molecule has 0 atom stereocenters. The minimum Gasteiger partial charge on any atom is -0.481 e. The Balaban J connectivity index is 2.19. The van der Waals surface area contributed by atoms with Gasteiger partial charge in [-0.3, -0.25) is 4.79 Å². The Bertz CT molecular complexity index is 204. The number of rotatable bonds is 4. The maximum atomic E-state index is 11.0. The van der Waals surface area contributed by atoms with E-state index >= 15 is 0 Å². The maximum Gasteiger partial charge on any atom is 0.409 e. The van der Waals surface area contributed by atoms with Gasteiger partial charge in [0, 0.05) is 19.5 Å². The van der Waals surface area contributed by atoms with E-state index in [-0.39, 0.29) is 12.5 Å². The van der Waals surface area contributed by atoms with E-state index in [1.807, 2.05) is 0 Å². The molecule has 1 saturated heterocycles. The molecule has 5 nitrogen and oxygen atoms in total. The van der Waals surface area contributed by atoms with Crippen molar-refractivity contribution in [2.75, 3.05) is 19.7 Å². The summed E-state index contributed by atoms with van der Waals surface area (Å²) in [7, 11) is 0. The first kappa shape index (κ1) is 9.83. The molecule has 0 aromatic heterocycles. The van der Waals surface area contributed by atoms with Crippen molar-refractivity contribution in [3.05, 3.63) is 0 Å². The Labute approximate surface area is 76.3 Å². The Kier molecular flexibility index (Phi) is 3.54. The van der Waals surface area contributed by atoms with Crippen molar-refractivity contribution in [2.45, 2.75) is 19.3 Å². The molecule has 13 heavy (non-hydrogen) atoms. The van der Waals surface area contributed by atoms with Crippen LogP contribution >= 0.6 is 0 Å². The van der Waals surface area contributed by atoms with E-state index in [0.717, 1.165) is 6.42 Å². The van der Waals surface area contributed by atoms with Gasteiger partial charge in [-0.25, -0.2) is 4.79 Å². The zero-order chi connectivity index (χ0) is 9.68. The highest BCUT2D eigenvalue weighted by atomic mass is 16.6. The first-order valence-electron chi connectivity index (χ1n) is 4.33. The van der Waals surface area contributed by atoms with E-state index < -0.39 is 5.97 Å². The van der Waals surface area contributed by atoms with E-state index in [1.54, 1.807) is 4.90 Å². The summed E-state index contributed by atoms with van der Waals surface area (Å²) in [4.78, 5) is 22.8. The molecule has 1 aliphatic rings. The molecular formula is C8H13NO4. The molecule has 74 valence electrons. The fourth-order valence-corrected chi connectivity index (χ4v) is 1.22. The van der Waals surface area contributed by atoms with E-state index in [1.165, 1.54) is 0 Å². The van der Waals surface area contributed by atoms with Crippen LogP contribution in [-0.2, 0) is 9.53 Å². The van der Waals surface area contributed by atoms with Crippen LogP contribution in [0.5, 0.6) is 0 Å². The largest absolute Gasteiger partial charge is 0.481 e. The van der Waals surface area contributed by atoms with Crippen LogP contribution in [-0.4, -0.2) is 41.8 Å². The van der Waals surface area contributed by atoms with Crippen LogP contribution in [0.15, 0.2) is 0 Å². The van der Waals surface area contributed by atoms with Crippen LogP contribution in [0.1, 0.15) is 19.3 Å². The normalized spacial score (nSPS) is 16.9. The summed E-state index contributed by atoms with van der Waals surface area (Å²) < 4.78 is 4.79. The van der Waals surface area contributed by atoms with Gasteiger partial charge in [0.1, 0.15) is 0 Å². The number of amides is 1. The average Bonchev–Trinajstić information content (AvgIpc) is 2.08. The third-order valence-corrected chi connectivity index (χ3v) is 1.87. The van der Waals surface area contributed by atoms with Gasteiger partial charge >= 0.3 is 12.1 Å². The third-order valence-electron chi connectivity index (χ3n) is 1.87. The molecule has 0 spiro atoms. The van der Waals surface area contributed by atoms with Gasteiger partial charge in [-0.05, 0) is 12.8 Å². The predicted octanol–water partition coefficient (Wildman–Crippen LogP) is 0.694. The summed E-state index contributed by atoms with van der Waals surface area (Å²) in [5, 5.41) is 8.37. The summed E-state index contributed by atoms with van der Waals surface area (Å²) in [6.45, 7) is 1.64. The molecule has 1 amide bonds. The van der Waals surface area contributed by atoms with Crippen molar-refractivity contribution < 1.29 is 19.4 Å². The molecule has 0 radical (unpaired) electrons. The number of carbonyl (C=O) groups excluding carboxylic acids is 1. The lowest BCUT2D eigenvalue weighted by molar-refractivity contribution is -0.137. The minimum absolute atomic E-state index is 0.101. The fraction of sp³-hybridized carbons (Fsp3) is 0.750. The molecule has 1 rings (SSSR count). The molecule has 0 aromatic carbocycles. The molecule has 0 bridgehead atoms. The molecule has 0 aromatic rings. The summed E-state index contributed by atoms with van der Waals surface area (Å²) in [6, 6.07) is 0. The van der Waals surface area contributed by atoms with Crippen molar-refractivity contribution in [1.82, 2.24) is 4.90 Å². The molecule has 0 saturated carbocycles. The predicted molar refractivity (Wildman–Crippen MR) is 44.4 cm³/mol. The summed E-state index contributed by atoms with van der Waals surface area (Å²) in [6.07, 6.45) is 1.10. The van der Waals surface area contributed by atoms with Crippen LogP contribution in [0.2, 0.25) is 0 Å². The van der Waals surface area contributed by atoms with E-state index in [2.05, 4.69) is 0 Å². The van der Waals surface area contributed by atoms with Gasteiger partial charge in [0.2, 0.25) is 0 Å². The highest BCUT2D eigenvalue weighted by molar-refractivity contribution is 5.68. The Morgan fingerprint density at radius 3 is 3.00 bits per heavy atom.